The maximum atomic E-state index is 5.33. The van der Waals surface area contributed by atoms with Gasteiger partial charge in [0.05, 0.1) is 17.7 Å². The highest BCUT2D eigenvalue weighted by Crippen LogP contribution is 2.27. The largest absolute Gasteiger partial charge is 0.480 e. The standard InChI is InChI=1S/C11H15BrN2O2/c1-15-8-5-6-14(7-8)10-4-3-9(12)11(13-10)16-2/h3-4,8H,5-7H2,1-2H3/t8-/m0/s1. The van der Waals surface area contributed by atoms with E-state index in [1.165, 1.54) is 0 Å². The van der Waals surface area contributed by atoms with Crippen LogP contribution in [0, 0.1) is 0 Å². The predicted octanol–water partition coefficient (Wildman–Crippen LogP) is 2.08. The van der Waals surface area contributed by atoms with Crippen molar-refractivity contribution >= 4 is 21.7 Å². The average molecular weight is 287 g/mol. The highest BCUT2D eigenvalue weighted by Gasteiger charge is 2.23. The summed E-state index contributed by atoms with van der Waals surface area (Å²) in [5.41, 5.74) is 0. The predicted molar refractivity (Wildman–Crippen MR) is 66.1 cm³/mol. The minimum atomic E-state index is 0.316. The molecule has 16 heavy (non-hydrogen) atoms. The molecule has 2 heterocycles. The van der Waals surface area contributed by atoms with E-state index in [0.717, 1.165) is 29.8 Å². The minimum Gasteiger partial charge on any atom is -0.480 e. The molecule has 88 valence electrons. The first-order valence-corrected chi connectivity index (χ1v) is 6.02. The molecule has 0 amide bonds. The van der Waals surface area contributed by atoms with Crippen LogP contribution in [-0.4, -0.2) is 38.4 Å². The Morgan fingerprint density at radius 3 is 2.88 bits per heavy atom. The van der Waals surface area contributed by atoms with Gasteiger partial charge in [0.25, 0.3) is 0 Å². The first kappa shape index (κ1) is 11.7. The summed E-state index contributed by atoms with van der Waals surface area (Å²) in [6.45, 7) is 1.88. The molecule has 1 fully saturated rings. The number of rotatable bonds is 3. The summed E-state index contributed by atoms with van der Waals surface area (Å²) < 4.78 is 11.4. The topological polar surface area (TPSA) is 34.6 Å². The molecule has 1 saturated heterocycles. The third-order valence-electron chi connectivity index (χ3n) is 2.79. The molecule has 5 heteroatoms. The summed E-state index contributed by atoms with van der Waals surface area (Å²) in [6, 6.07) is 3.95. The normalized spacial score (nSPS) is 20.2. The number of aromatic nitrogens is 1. The van der Waals surface area contributed by atoms with Crippen LogP contribution in [0.5, 0.6) is 5.88 Å². The molecule has 0 bridgehead atoms. The zero-order chi connectivity index (χ0) is 11.5. The smallest absolute Gasteiger partial charge is 0.229 e. The Labute approximate surface area is 104 Å². The number of anilines is 1. The molecule has 0 radical (unpaired) electrons. The molecule has 4 nitrogen and oxygen atoms in total. The number of hydrogen-bond acceptors (Lipinski definition) is 4. The van der Waals surface area contributed by atoms with Gasteiger partial charge in [0.15, 0.2) is 0 Å². The summed E-state index contributed by atoms with van der Waals surface area (Å²) in [5.74, 6) is 1.57. The molecule has 0 saturated carbocycles. The fourth-order valence-electron chi connectivity index (χ4n) is 1.86. The van der Waals surface area contributed by atoms with E-state index >= 15 is 0 Å². The molecular weight excluding hydrogens is 272 g/mol. The summed E-state index contributed by atoms with van der Waals surface area (Å²) in [4.78, 5) is 6.65. The second-order valence-corrected chi connectivity index (χ2v) is 4.61. The second-order valence-electron chi connectivity index (χ2n) is 3.75. The van der Waals surface area contributed by atoms with Gasteiger partial charge in [-0.05, 0) is 34.5 Å². The first-order valence-electron chi connectivity index (χ1n) is 5.23. The second kappa shape index (κ2) is 5.01. The van der Waals surface area contributed by atoms with Crippen LogP contribution in [0.15, 0.2) is 16.6 Å². The van der Waals surface area contributed by atoms with Crippen molar-refractivity contribution in [1.82, 2.24) is 4.98 Å². The molecule has 0 spiro atoms. The van der Waals surface area contributed by atoms with Crippen LogP contribution in [0.25, 0.3) is 0 Å². The van der Waals surface area contributed by atoms with Crippen LogP contribution in [0.3, 0.4) is 0 Å². The molecule has 1 aliphatic rings. The van der Waals surface area contributed by atoms with Gasteiger partial charge in [-0.25, -0.2) is 0 Å². The van der Waals surface area contributed by atoms with Crippen molar-refractivity contribution in [2.45, 2.75) is 12.5 Å². The number of methoxy groups -OCH3 is 2. The summed E-state index contributed by atoms with van der Waals surface area (Å²) >= 11 is 3.39. The fourth-order valence-corrected chi connectivity index (χ4v) is 2.24. The number of hydrogen-bond donors (Lipinski definition) is 0. The van der Waals surface area contributed by atoms with Gasteiger partial charge in [0.1, 0.15) is 5.82 Å². The van der Waals surface area contributed by atoms with Gasteiger partial charge in [-0.2, -0.15) is 4.98 Å². The highest BCUT2D eigenvalue weighted by atomic mass is 79.9. The average Bonchev–Trinajstić information content (AvgIpc) is 2.78. The Kier molecular flexibility index (Phi) is 3.66. The van der Waals surface area contributed by atoms with Crippen molar-refractivity contribution in [2.24, 2.45) is 0 Å². The van der Waals surface area contributed by atoms with Gasteiger partial charge in [-0.15, -0.1) is 0 Å². The lowest BCUT2D eigenvalue weighted by Crippen LogP contribution is -2.23. The molecule has 0 unspecified atom stereocenters. The van der Waals surface area contributed by atoms with E-state index < -0.39 is 0 Å². The molecule has 0 N–H and O–H groups in total. The summed E-state index contributed by atoms with van der Waals surface area (Å²) in [6.07, 6.45) is 1.37. The van der Waals surface area contributed by atoms with E-state index in [0.29, 0.717) is 12.0 Å². The maximum Gasteiger partial charge on any atom is 0.229 e. The zero-order valence-corrected chi connectivity index (χ0v) is 11.0. The van der Waals surface area contributed by atoms with E-state index in [-0.39, 0.29) is 0 Å². The number of ether oxygens (including phenoxy) is 2. The molecule has 1 aromatic heterocycles. The lowest BCUT2D eigenvalue weighted by atomic mass is 10.3. The van der Waals surface area contributed by atoms with E-state index in [2.05, 4.69) is 25.8 Å². The van der Waals surface area contributed by atoms with Crippen molar-refractivity contribution in [1.29, 1.82) is 0 Å². The lowest BCUT2D eigenvalue weighted by Gasteiger charge is -2.17. The number of halogens is 1. The van der Waals surface area contributed by atoms with Crippen molar-refractivity contribution < 1.29 is 9.47 Å². The van der Waals surface area contributed by atoms with Crippen LogP contribution >= 0.6 is 15.9 Å². The third-order valence-corrected chi connectivity index (χ3v) is 3.40. The van der Waals surface area contributed by atoms with Gasteiger partial charge in [0.2, 0.25) is 5.88 Å². The molecule has 0 aliphatic carbocycles. The lowest BCUT2D eigenvalue weighted by molar-refractivity contribution is 0.121. The molecule has 1 aromatic rings. The van der Waals surface area contributed by atoms with Gasteiger partial charge >= 0.3 is 0 Å². The van der Waals surface area contributed by atoms with Crippen LogP contribution in [-0.2, 0) is 4.74 Å². The van der Waals surface area contributed by atoms with E-state index in [4.69, 9.17) is 9.47 Å². The van der Waals surface area contributed by atoms with Crippen molar-refractivity contribution in [3.63, 3.8) is 0 Å². The summed E-state index contributed by atoms with van der Waals surface area (Å²) in [5, 5.41) is 0. The van der Waals surface area contributed by atoms with Crippen molar-refractivity contribution in [3.05, 3.63) is 16.6 Å². The van der Waals surface area contributed by atoms with Gasteiger partial charge < -0.3 is 14.4 Å². The van der Waals surface area contributed by atoms with E-state index in [9.17, 15) is 0 Å². The Morgan fingerprint density at radius 1 is 1.44 bits per heavy atom. The quantitative estimate of drug-likeness (QED) is 0.852. The van der Waals surface area contributed by atoms with Gasteiger partial charge in [0, 0.05) is 20.2 Å². The first-order chi connectivity index (χ1) is 7.74. The Morgan fingerprint density at radius 2 is 2.25 bits per heavy atom. The molecular formula is C11H15BrN2O2. The van der Waals surface area contributed by atoms with Gasteiger partial charge in [-0.3, -0.25) is 0 Å². The molecule has 2 rings (SSSR count). The van der Waals surface area contributed by atoms with E-state index in [1.807, 2.05) is 12.1 Å². The Hall–Kier alpha value is -0.810. The van der Waals surface area contributed by atoms with Crippen LogP contribution in [0.1, 0.15) is 6.42 Å². The summed E-state index contributed by atoms with van der Waals surface area (Å²) in [7, 11) is 3.38. The molecule has 0 aromatic carbocycles. The number of nitrogens with zero attached hydrogens (tertiary/aromatic N) is 2. The molecule has 1 aliphatic heterocycles. The van der Waals surface area contributed by atoms with E-state index in [1.54, 1.807) is 14.2 Å². The fraction of sp³-hybridized carbons (Fsp3) is 0.545. The van der Waals surface area contributed by atoms with Gasteiger partial charge in [-0.1, -0.05) is 0 Å². The van der Waals surface area contributed by atoms with Crippen LogP contribution < -0.4 is 9.64 Å². The minimum absolute atomic E-state index is 0.316. The highest BCUT2D eigenvalue weighted by molar-refractivity contribution is 9.10. The SMILES string of the molecule is COc1nc(N2CC[C@H](OC)C2)ccc1Br. The van der Waals surface area contributed by atoms with Crippen LogP contribution in [0.4, 0.5) is 5.82 Å². The van der Waals surface area contributed by atoms with Crippen molar-refractivity contribution in [2.75, 3.05) is 32.2 Å². The zero-order valence-electron chi connectivity index (χ0n) is 9.44. The van der Waals surface area contributed by atoms with Crippen LogP contribution in [0.2, 0.25) is 0 Å². The molecule has 1 atom stereocenters. The maximum absolute atomic E-state index is 5.33. The number of pyridine rings is 1. The Bertz CT molecular complexity index is 373. The third kappa shape index (κ3) is 2.30. The van der Waals surface area contributed by atoms with Crippen molar-refractivity contribution in [3.8, 4) is 5.88 Å². The Balaban J connectivity index is 2.15. The monoisotopic (exact) mass is 286 g/mol.